The summed E-state index contributed by atoms with van der Waals surface area (Å²) in [5.41, 5.74) is 0.550. The third-order valence-electron chi connectivity index (χ3n) is 3.77. The molecule has 10 heteroatoms. The predicted octanol–water partition coefficient (Wildman–Crippen LogP) is 2.41. The fourth-order valence-corrected chi connectivity index (χ4v) is 3.62. The SMILES string of the molecule is COc1cc(CCNS(=O)(=O)Cc2ccc(F)cc2)c([N+](=O)[O-])cc1OC. The second-order valence-corrected chi connectivity index (χ2v) is 7.43. The van der Waals surface area contributed by atoms with Crippen LogP contribution < -0.4 is 14.2 Å². The second-order valence-electron chi connectivity index (χ2n) is 5.62. The van der Waals surface area contributed by atoms with E-state index in [0.29, 0.717) is 16.9 Å². The van der Waals surface area contributed by atoms with Gasteiger partial charge in [0.1, 0.15) is 5.82 Å². The molecule has 0 aliphatic heterocycles. The molecular weight excluding hydrogens is 379 g/mol. The van der Waals surface area contributed by atoms with E-state index in [-0.39, 0.29) is 30.2 Å². The predicted molar refractivity (Wildman–Crippen MR) is 96.9 cm³/mol. The number of halogens is 1. The van der Waals surface area contributed by atoms with Crippen LogP contribution in [0, 0.1) is 15.9 Å². The van der Waals surface area contributed by atoms with Gasteiger partial charge in [0.05, 0.1) is 31.0 Å². The average Bonchev–Trinajstić information content (AvgIpc) is 2.62. The molecule has 0 amide bonds. The lowest BCUT2D eigenvalue weighted by Gasteiger charge is -2.11. The van der Waals surface area contributed by atoms with Crippen LogP contribution in [0.3, 0.4) is 0 Å². The van der Waals surface area contributed by atoms with Crippen molar-refractivity contribution in [3.63, 3.8) is 0 Å². The Labute approximate surface area is 156 Å². The van der Waals surface area contributed by atoms with E-state index in [0.717, 1.165) is 0 Å². The first-order chi connectivity index (χ1) is 12.8. The molecule has 27 heavy (non-hydrogen) atoms. The van der Waals surface area contributed by atoms with Crippen molar-refractivity contribution >= 4 is 15.7 Å². The lowest BCUT2D eigenvalue weighted by atomic mass is 10.1. The molecule has 2 aromatic carbocycles. The van der Waals surface area contributed by atoms with E-state index in [9.17, 15) is 22.9 Å². The van der Waals surface area contributed by atoms with E-state index in [1.807, 2.05) is 0 Å². The van der Waals surface area contributed by atoms with E-state index >= 15 is 0 Å². The molecule has 0 fully saturated rings. The van der Waals surface area contributed by atoms with Crippen molar-refractivity contribution in [2.24, 2.45) is 0 Å². The van der Waals surface area contributed by atoms with E-state index in [2.05, 4.69) is 4.72 Å². The number of nitrogens with one attached hydrogen (secondary N) is 1. The first-order valence-electron chi connectivity index (χ1n) is 7.87. The third-order valence-corrected chi connectivity index (χ3v) is 5.13. The number of nitrogens with zero attached hydrogens (tertiary/aromatic N) is 1. The molecule has 0 saturated carbocycles. The standard InChI is InChI=1S/C17H19FN2O6S/c1-25-16-9-13(15(20(21)22)10-17(16)26-2)7-8-19-27(23,24)11-12-3-5-14(18)6-4-12/h3-6,9-10,19H,7-8,11H2,1-2H3. The number of methoxy groups -OCH3 is 2. The molecule has 2 rings (SSSR count). The van der Waals surface area contributed by atoms with Crippen molar-refractivity contribution in [1.82, 2.24) is 4.72 Å². The maximum Gasteiger partial charge on any atom is 0.276 e. The monoisotopic (exact) mass is 398 g/mol. The van der Waals surface area contributed by atoms with Crippen LogP contribution in [0.4, 0.5) is 10.1 Å². The molecule has 146 valence electrons. The number of rotatable bonds is 9. The van der Waals surface area contributed by atoms with E-state index in [4.69, 9.17) is 9.47 Å². The summed E-state index contributed by atoms with van der Waals surface area (Å²) in [6, 6.07) is 7.81. The van der Waals surface area contributed by atoms with Crippen LogP contribution in [0.2, 0.25) is 0 Å². The third kappa shape index (κ3) is 5.63. The highest BCUT2D eigenvalue weighted by atomic mass is 32.2. The molecule has 0 aromatic heterocycles. The van der Waals surface area contributed by atoms with Crippen molar-refractivity contribution in [3.05, 3.63) is 63.5 Å². The summed E-state index contributed by atoms with van der Waals surface area (Å²) in [6.45, 7) is -0.0418. The Morgan fingerprint density at radius 1 is 1.11 bits per heavy atom. The van der Waals surface area contributed by atoms with Crippen molar-refractivity contribution in [2.75, 3.05) is 20.8 Å². The molecule has 0 heterocycles. The fourth-order valence-electron chi connectivity index (χ4n) is 2.47. The summed E-state index contributed by atoms with van der Waals surface area (Å²) in [5.74, 6) is -0.247. The first kappa shape index (κ1) is 20.6. The van der Waals surface area contributed by atoms with Gasteiger partial charge in [0.2, 0.25) is 10.0 Å². The van der Waals surface area contributed by atoms with Gasteiger partial charge in [0.15, 0.2) is 11.5 Å². The number of hydrogen-bond donors (Lipinski definition) is 1. The highest BCUT2D eigenvalue weighted by Gasteiger charge is 2.20. The van der Waals surface area contributed by atoms with Crippen molar-refractivity contribution in [1.29, 1.82) is 0 Å². The maximum atomic E-state index is 12.9. The molecule has 0 bridgehead atoms. The van der Waals surface area contributed by atoms with Gasteiger partial charge in [-0.3, -0.25) is 10.1 Å². The Bertz CT molecular complexity index is 916. The molecule has 0 aliphatic carbocycles. The lowest BCUT2D eigenvalue weighted by Crippen LogP contribution is -2.27. The van der Waals surface area contributed by atoms with Gasteiger partial charge >= 0.3 is 0 Å². The molecule has 1 N–H and O–H groups in total. The molecule has 0 saturated heterocycles. The summed E-state index contributed by atoms with van der Waals surface area (Å²) in [7, 11) is -0.910. The van der Waals surface area contributed by atoms with Gasteiger partial charge in [-0.2, -0.15) is 0 Å². The van der Waals surface area contributed by atoms with Crippen molar-refractivity contribution < 1.29 is 27.2 Å². The molecule has 0 atom stereocenters. The Morgan fingerprint density at radius 3 is 2.26 bits per heavy atom. The zero-order chi connectivity index (χ0) is 20.0. The van der Waals surface area contributed by atoms with E-state index in [1.165, 1.54) is 50.6 Å². The lowest BCUT2D eigenvalue weighted by molar-refractivity contribution is -0.385. The Balaban J connectivity index is 2.09. The number of sulfonamides is 1. The minimum atomic E-state index is -3.68. The van der Waals surface area contributed by atoms with Crippen molar-refractivity contribution in [2.45, 2.75) is 12.2 Å². The van der Waals surface area contributed by atoms with Gasteiger partial charge < -0.3 is 9.47 Å². The molecular formula is C17H19FN2O6S. The van der Waals surface area contributed by atoms with E-state index < -0.39 is 20.8 Å². The number of nitro benzene ring substituents is 1. The average molecular weight is 398 g/mol. The Hall–Kier alpha value is -2.72. The highest BCUT2D eigenvalue weighted by Crippen LogP contribution is 2.34. The van der Waals surface area contributed by atoms with Crippen LogP contribution in [-0.4, -0.2) is 34.1 Å². The van der Waals surface area contributed by atoms with Gasteiger partial charge in [0, 0.05) is 12.1 Å². The summed E-state index contributed by atoms with van der Waals surface area (Å²) in [4.78, 5) is 10.7. The minimum absolute atomic E-state index is 0.0418. The van der Waals surface area contributed by atoms with Gasteiger partial charge in [-0.1, -0.05) is 12.1 Å². The van der Waals surface area contributed by atoms with Crippen LogP contribution in [0.15, 0.2) is 36.4 Å². The second kappa shape index (κ2) is 8.78. The smallest absolute Gasteiger partial charge is 0.276 e. The summed E-state index contributed by atoms with van der Waals surface area (Å²) >= 11 is 0. The molecule has 0 radical (unpaired) electrons. The van der Waals surface area contributed by atoms with E-state index in [1.54, 1.807) is 0 Å². The Kier molecular flexibility index (Phi) is 6.70. The molecule has 8 nitrogen and oxygen atoms in total. The summed E-state index contributed by atoms with van der Waals surface area (Å²) in [6.07, 6.45) is 0.0827. The van der Waals surface area contributed by atoms with Crippen molar-refractivity contribution in [3.8, 4) is 11.5 Å². The van der Waals surface area contributed by atoms with Crippen LogP contribution in [0.5, 0.6) is 11.5 Å². The highest BCUT2D eigenvalue weighted by molar-refractivity contribution is 7.88. The maximum absolute atomic E-state index is 12.9. The normalized spacial score (nSPS) is 11.2. The zero-order valence-electron chi connectivity index (χ0n) is 14.8. The first-order valence-corrected chi connectivity index (χ1v) is 9.52. The molecule has 0 spiro atoms. The zero-order valence-corrected chi connectivity index (χ0v) is 15.6. The topological polar surface area (TPSA) is 108 Å². The van der Waals surface area contributed by atoms with Crippen LogP contribution in [-0.2, 0) is 22.2 Å². The number of nitro groups is 1. The van der Waals surface area contributed by atoms with Gasteiger partial charge in [-0.25, -0.2) is 17.5 Å². The van der Waals surface area contributed by atoms with Gasteiger partial charge in [-0.15, -0.1) is 0 Å². The summed E-state index contributed by atoms with van der Waals surface area (Å²) in [5, 5.41) is 11.3. The van der Waals surface area contributed by atoms with Crippen LogP contribution in [0.1, 0.15) is 11.1 Å². The van der Waals surface area contributed by atoms with Gasteiger partial charge in [0.25, 0.3) is 5.69 Å². The summed E-state index contributed by atoms with van der Waals surface area (Å²) < 4.78 is 49.7. The largest absolute Gasteiger partial charge is 0.493 e. The van der Waals surface area contributed by atoms with Crippen LogP contribution >= 0.6 is 0 Å². The Morgan fingerprint density at radius 2 is 1.70 bits per heavy atom. The quantitative estimate of drug-likeness (QED) is 0.513. The minimum Gasteiger partial charge on any atom is -0.493 e. The molecule has 0 unspecified atom stereocenters. The molecule has 0 aliphatic rings. The molecule has 2 aromatic rings. The van der Waals surface area contributed by atoms with Crippen LogP contribution in [0.25, 0.3) is 0 Å². The number of benzene rings is 2. The number of ether oxygens (including phenoxy) is 2. The fraction of sp³-hybridized carbons (Fsp3) is 0.294. The number of hydrogen-bond acceptors (Lipinski definition) is 6. The van der Waals surface area contributed by atoms with Gasteiger partial charge in [-0.05, 0) is 30.2 Å².